The fourth-order valence-electron chi connectivity index (χ4n) is 2.10. The quantitative estimate of drug-likeness (QED) is 0.750. The van der Waals surface area contributed by atoms with Crippen LogP contribution in [0.4, 0.5) is 5.69 Å². The average molecular weight is 323 g/mol. The predicted octanol–water partition coefficient (Wildman–Crippen LogP) is 2.52. The summed E-state index contributed by atoms with van der Waals surface area (Å²) in [5, 5.41) is 12.0. The zero-order valence-electron chi connectivity index (χ0n) is 14.4. The van der Waals surface area contributed by atoms with Gasteiger partial charge < -0.3 is 19.9 Å². The van der Waals surface area contributed by atoms with Crippen molar-refractivity contribution < 1.29 is 24.2 Å². The van der Waals surface area contributed by atoms with Crippen LogP contribution in [0, 0.1) is 6.92 Å². The van der Waals surface area contributed by atoms with Gasteiger partial charge in [0.25, 0.3) is 0 Å². The molecule has 0 radical (unpaired) electrons. The maximum absolute atomic E-state index is 11.6. The van der Waals surface area contributed by atoms with E-state index in [2.05, 4.69) is 5.32 Å². The Balaban J connectivity index is 2.76. The maximum atomic E-state index is 11.6. The lowest BCUT2D eigenvalue weighted by Crippen LogP contribution is -2.26. The molecule has 0 fully saturated rings. The molecule has 6 nitrogen and oxygen atoms in total. The van der Waals surface area contributed by atoms with E-state index in [9.17, 15) is 9.59 Å². The van der Waals surface area contributed by atoms with Gasteiger partial charge in [-0.25, -0.2) is 4.79 Å². The molecule has 0 aliphatic carbocycles. The summed E-state index contributed by atoms with van der Waals surface area (Å²) in [6.07, 6.45) is -0.0551. The molecular formula is C17H25NO5. The monoisotopic (exact) mass is 323 g/mol. The molecule has 0 amide bonds. The first-order chi connectivity index (χ1) is 10.6. The molecule has 0 spiro atoms. The Morgan fingerprint density at radius 3 is 2.35 bits per heavy atom. The Morgan fingerprint density at radius 2 is 1.83 bits per heavy atom. The number of carboxylic acids is 1. The van der Waals surface area contributed by atoms with Gasteiger partial charge in [-0.2, -0.15) is 0 Å². The number of aliphatic carboxylic acids is 1. The van der Waals surface area contributed by atoms with Crippen LogP contribution in [0.3, 0.4) is 0 Å². The van der Waals surface area contributed by atoms with Crippen molar-refractivity contribution in [2.24, 2.45) is 0 Å². The van der Waals surface area contributed by atoms with Crippen LogP contribution in [0.2, 0.25) is 0 Å². The number of carbonyl (C=O) groups excluding carboxylic acids is 1. The van der Waals surface area contributed by atoms with Gasteiger partial charge in [0.05, 0.1) is 13.0 Å². The molecule has 1 rings (SSSR count). The standard InChI is InChI=1S/C17H25NO5/c1-11-12(8-15(19)20)6-14(18-5)7-13(11)9-22-10-16(21)23-17(2,3)4/h6-7,18H,8-10H2,1-5H3,(H,19,20). The zero-order chi connectivity index (χ0) is 17.6. The van der Waals surface area contributed by atoms with Crippen molar-refractivity contribution in [2.75, 3.05) is 19.0 Å². The van der Waals surface area contributed by atoms with Gasteiger partial charge in [-0.05, 0) is 56.5 Å². The van der Waals surface area contributed by atoms with Crippen LogP contribution < -0.4 is 5.32 Å². The fraction of sp³-hybridized carbons (Fsp3) is 0.529. The van der Waals surface area contributed by atoms with E-state index in [0.717, 1.165) is 22.4 Å². The molecule has 23 heavy (non-hydrogen) atoms. The van der Waals surface area contributed by atoms with E-state index in [-0.39, 0.29) is 19.6 Å². The Kier molecular flexibility index (Phi) is 6.57. The van der Waals surface area contributed by atoms with Gasteiger partial charge in [-0.1, -0.05) is 0 Å². The molecule has 1 aromatic carbocycles. The van der Waals surface area contributed by atoms with E-state index < -0.39 is 17.5 Å². The largest absolute Gasteiger partial charge is 0.481 e. The molecule has 0 atom stereocenters. The summed E-state index contributed by atoms with van der Waals surface area (Å²) < 4.78 is 10.6. The summed E-state index contributed by atoms with van der Waals surface area (Å²) in [7, 11) is 1.76. The third-order valence-electron chi connectivity index (χ3n) is 3.15. The molecule has 0 bridgehead atoms. The molecule has 0 heterocycles. The van der Waals surface area contributed by atoms with E-state index >= 15 is 0 Å². The van der Waals surface area contributed by atoms with Crippen LogP contribution in [0.5, 0.6) is 0 Å². The van der Waals surface area contributed by atoms with Crippen LogP contribution >= 0.6 is 0 Å². The van der Waals surface area contributed by atoms with Gasteiger partial charge in [0.1, 0.15) is 12.2 Å². The average Bonchev–Trinajstić information content (AvgIpc) is 2.40. The molecule has 2 N–H and O–H groups in total. The van der Waals surface area contributed by atoms with Crippen molar-refractivity contribution in [1.29, 1.82) is 0 Å². The van der Waals surface area contributed by atoms with E-state index in [1.54, 1.807) is 33.9 Å². The lowest BCUT2D eigenvalue weighted by atomic mass is 9.99. The maximum Gasteiger partial charge on any atom is 0.332 e. The van der Waals surface area contributed by atoms with Crippen LogP contribution in [0.15, 0.2) is 12.1 Å². The summed E-state index contributed by atoms with van der Waals surface area (Å²) in [5.74, 6) is -1.31. The van der Waals surface area contributed by atoms with Crippen molar-refractivity contribution >= 4 is 17.6 Å². The van der Waals surface area contributed by atoms with E-state index in [1.165, 1.54) is 0 Å². The summed E-state index contributed by atoms with van der Waals surface area (Å²) in [4.78, 5) is 22.6. The minimum Gasteiger partial charge on any atom is -0.481 e. The number of hydrogen-bond acceptors (Lipinski definition) is 5. The minimum absolute atomic E-state index is 0.0551. The van der Waals surface area contributed by atoms with Crippen LogP contribution in [-0.2, 0) is 32.1 Å². The van der Waals surface area contributed by atoms with Crippen LogP contribution in [0.25, 0.3) is 0 Å². The van der Waals surface area contributed by atoms with Crippen molar-refractivity contribution in [3.05, 3.63) is 28.8 Å². The zero-order valence-corrected chi connectivity index (χ0v) is 14.4. The van der Waals surface area contributed by atoms with Crippen molar-refractivity contribution in [3.8, 4) is 0 Å². The summed E-state index contributed by atoms with van der Waals surface area (Å²) in [5.41, 5.74) is 2.69. The number of benzene rings is 1. The third kappa shape index (κ3) is 6.69. The summed E-state index contributed by atoms with van der Waals surface area (Å²) in [6, 6.07) is 3.69. The van der Waals surface area contributed by atoms with E-state index in [1.807, 2.05) is 13.0 Å². The lowest BCUT2D eigenvalue weighted by Gasteiger charge is -2.19. The first-order valence-corrected chi connectivity index (χ1v) is 7.44. The van der Waals surface area contributed by atoms with Gasteiger partial charge >= 0.3 is 11.9 Å². The number of hydrogen-bond donors (Lipinski definition) is 2. The Morgan fingerprint density at radius 1 is 1.22 bits per heavy atom. The Bertz CT molecular complexity index is 575. The summed E-state index contributed by atoms with van der Waals surface area (Å²) >= 11 is 0. The molecule has 128 valence electrons. The first kappa shape index (κ1) is 19.0. The van der Waals surface area contributed by atoms with Gasteiger partial charge in [-0.15, -0.1) is 0 Å². The normalized spacial score (nSPS) is 11.2. The fourth-order valence-corrected chi connectivity index (χ4v) is 2.10. The topological polar surface area (TPSA) is 84.9 Å². The number of carbonyl (C=O) groups is 2. The third-order valence-corrected chi connectivity index (χ3v) is 3.15. The first-order valence-electron chi connectivity index (χ1n) is 7.44. The van der Waals surface area contributed by atoms with E-state index in [0.29, 0.717) is 0 Å². The van der Waals surface area contributed by atoms with E-state index in [4.69, 9.17) is 14.6 Å². The number of anilines is 1. The van der Waals surface area contributed by atoms with Gasteiger partial charge in [0.2, 0.25) is 0 Å². The molecule has 6 heteroatoms. The van der Waals surface area contributed by atoms with Gasteiger partial charge in [-0.3, -0.25) is 4.79 Å². The molecule has 1 aromatic rings. The number of carboxylic acid groups (broad SMARTS) is 1. The highest BCUT2D eigenvalue weighted by molar-refractivity contribution is 5.72. The smallest absolute Gasteiger partial charge is 0.332 e. The molecule has 0 unspecified atom stereocenters. The summed E-state index contributed by atoms with van der Waals surface area (Å²) in [6.45, 7) is 7.31. The Labute approximate surface area is 136 Å². The number of nitrogens with one attached hydrogen (secondary N) is 1. The minimum atomic E-state index is -0.887. The number of esters is 1. The Hall–Kier alpha value is -2.08. The molecule has 0 aliphatic rings. The van der Waals surface area contributed by atoms with Gasteiger partial charge in [0, 0.05) is 12.7 Å². The van der Waals surface area contributed by atoms with Crippen molar-refractivity contribution in [2.45, 2.75) is 46.3 Å². The predicted molar refractivity (Wildman–Crippen MR) is 87.6 cm³/mol. The lowest BCUT2D eigenvalue weighted by molar-refractivity contribution is -0.160. The second kappa shape index (κ2) is 7.97. The SMILES string of the molecule is CNc1cc(COCC(=O)OC(C)(C)C)c(C)c(CC(=O)O)c1. The molecular weight excluding hydrogens is 298 g/mol. The van der Waals surface area contributed by atoms with Gasteiger partial charge in [0.15, 0.2) is 0 Å². The van der Waals surface area contributed by atoms with Crippen LogP contribution in [-0.4, -0.2) is 36.3 Å². The molecule has 0 saturated heterocycles. The highest BCUT2D eigenvalue weighted by Crippen LogP contribution is 2.22. The highest BCUT2D eigenvalue weighted by atomic mass is 16.6. The van der Waals surface area contributed by atoms with Crippen molar-refractivity contribution in [1.82, 2.24) is 0 Å². The van der Waals surface area contributed by atoms with Crippen LogP contribution in [0.1, 0.15) is 37.5 Å². The highest BCUT2D eigenvalue weighted by Gasteiger charge is 2.16. The molecule has 0 aliphatic heterocycles. The number of ether oxygens (including phenoxy) is 2. The second-order valence-electron chi connectivity index (χ2n) is 6.32. The number of rotatable bonds is 7. The molecule has 0 aromatic heterocycles. The second-order valence-corrected chi connectivity index (χ2v) is 6.32. The van der Waals surface area contributed by atoms with Crippen molar-refractivity contribution in [3.63, 3.8) is 0 Å². The molecule has 0 saturated carbocycles.